The predicted octanol–water partition coefficient (Wildman–Crippen LogP) is 5.07. The van der Waals surface area contributed by atoms with Crippen LogP contribution in [0, 0.1) is 5.92 Å². The third kappa shape index (κ3) is 4.10. The average molecular weight is 310 g/mol. The molecule has 1 aliphatic carbocycles. The summed E-state index contributed by atoms with van der Waals surface area (Å²) in [6.07, 6.45) is 8.23. The largest absolute Gasteiger partial charge is 0.310 e. The lowest BCUT2D eigenvalue weighted by Crippen LogP contribution is -2.24. The van der Waals surface area contributed by atoms with Crippen molar-refractivity contribution < 1.29 is 0 Å². The standard InChI is InChI=1S/C16H24BrN/c1-2-10-18-16(11-13-6-3-4-7-13)14-8-5-9-15(17)12-14/h5,8-9,12-13,16,18H,2-4,6-7,10-11H2,1H3. The minimum absolute atomic E-state index is 0.533. The maximum absolute atomic E-state index is 3.72. The molecule has 0 heterocycles. The molecule has 0 spiro atoms. The van der Waals surface area contributed by atoms with Crippen molar-refractivity contribution in [1.82, 2.24) is 5.32 Å². The minimum Gasteiger partial charge on any atom is -0.310 e. The van der Waals surface area contributed by atoms with Crippen molar-refractivity contribution >= 4 is 15.9 Å². The first kappa shape index (κ1) is 14.1. The van der Waals surface area contributed by atoms with Crippen LogP contribution < -0.4 is 5.32 Å². The zero-order valence-electron chi connectivity index (χ0n) is 11.3. The quantitative estimate of drug-likeness (QED) is 0.773. The zero-order valence-corrected chi connectivity index (χ0v) is 12.9. The Balaban J connectivity index is 2.03. The highest BCUT2D eigenvalue weighted by atomic mass is 79.9. The second-order valence-corrected chi connectivity index (χ2v) is 6.36. The van der Waals surface area contributed by atoms with Crippen LogP contribution in [0.4, 0.5) is 0 Å². The van der Waals surface area contributed by atoms with Crippen LogP contribution in [0.1, 0.15) is 57.1 Å². The molecule has 0 radical (unpaired) electrons. The van der Waals surface area contributed by atoms with Crippen LogP contribution in [0.2, 0.25) is 0 Å². The molecule has 1 nitrogen and oxygen atoms in total. The first-order valence-corrected chi connectivity index (χ1v) is 8.07. The highest BCUT2D eigenvalue weighted by Crippen LogP contribution is 2.33. The van der Waals surface area contributed by atoms with Gasteiger partial charge in [-0.25, -0.2) is 0 Å². The summed E-state index contributed by atoms with van der Waals surface area (Å²) in [6, 6.07) is 9.31. The molecule has 0 saturated heterocycles. The van der Waals surface area contributed by atoms with Crippen molar-refractivity contribution in [3.8, 4) is 0 Å². The van der Waals surface area contributed by atoms with Gasteiger partial charge in [0.15, 0.2) is 0 Å². The number of hydrogen-bond acceptors (Lipinski definition) is 1. The highest BCUT2D eigenvalue weighted by Gasteiger charge is 2.20. The van der Waals surface area contributed by atoms with E-state index in [0.717, 1.165) is 12.5 Å². The molecule has 1 aromatic rings. The van der Waals surface area contributed by atoms with Gasteiger partial charge in [-0.15, -0.1) is 0 Å². The van der Waals surface area contributed by atoms with Crippen molar-refractivity contribution in [2.45, 2.75) is 51.5 Å². The van der Waals surface area contributed by atoms with E-state index in [1.54, 1.807) is 0 Å². The topological polar surface area (TPSA) is 12.0 Å². The second kappa shape index (κ2) is 7.30. The normalized spacial score (nSPS) is 18.1. The van der Waals surface area contributed by atoms with E-state index in [9.17, 15) is 0 Å². The van der Waals surface area contributed by atoms with Crippen LogP contribution in [0.3, 0.4) is 0 Å². The lowest BCUT2D eigenvalue weighted by atomic mass is 9.93. The van der Waals surface area contributed by atoms with Crippen molar-refractivity contribution in [1.29, 1.82) is 0 Å². The molecule has 0 amide bonds. The molecular weight excluding hydrogens is 286 g/mol. The fourth-order valence-corrected chi connectivity index (χ4v) is 3.38. The molecule has 18 heavy (non-hydrogen) atoms. The number of rotatable bonds is 6. The van der Waals surface area contributed by atoms with Crippen LogP contribution in [-0.2, 0) is 0 Å². The highest BCUT2D eigenvalue weighted by molar-refractivity contribution is 9.10. The maximum atomic E-state index is 3.72. The van der Waals surface area contributed by atoms with Gasteiger partial charge in [0.1, 0.15) is 0 Å². The molecular formula is C16H24BrN. The third-order valence-electron chi connectivity index (χ3n) is 3.94. The summed E-state index contributed by atoms with van der Waals surface area (Å²) in [6.45, 7) is 3.35. The Hall–Kier alpha value is -0.340. The van der Waals surface area contributed by atoms with Gasteiger partial charge in [-0.1, -0.05) is 60.7 Å². The minimum atomic E-state index is 0.533. The molecule has 1 fully saturated rings. The van der Waals surface area contributed by atoms with E-state index in [2.05, 4.69) is 52.4 Å². The SMILES string of the molecule is CCCNC(CC1CCCC1)c1cccc(Br)c1. The summed E-state index contributed by atoms with van der Waals surface area (Å²) in [5, 5.41) is 3.72. The molecule has 100 valence electrons. The number of nitrogens with one attached hydrogen (secondary N) is 1. The summed E-state index contributed by atoms with van der Waals surface area (Å²) in [7, 11) is 0. The van der Waals surface area contributed by atoms with E-state index >= 15 is 0 Å². The van der Waals surface area contributed by atoms with Gasteiger partial charge in [0.05, 0.1) is 0 Å². The van der Waals surface area contributed by atoms with Crippen LogP contribution in [-0.4, -0.2) is 6.54 Å². The molecule has 1 atom stereocenters. The Kier molecular flexibility index (Phi) is 5.71. The second-order valence-electron chi connectivity index (χ2n) is 5.45. The lowest BCUT2D eigenvalue weighted by Gasteiger charge is -2.22. The van der Waals surface area contributed by atoms with E-state index in [-0.39, 0.29) is 0 Å². The Morgan fingerprint density at radius 2 is 2.11 bits per heavy atom. The van der Waals surface area contributed by atoms with Gasteiger partial charge in [-0.2, -0.15) is 0 Å². The summed E-state index contributed by atoms with van der Waals surface area (Å²) in [5.74, 6) is 0.929. The van der Waals surface area contributed by atoms with E-state index in [0.29, 0.717) is 6.04 Å². The molecule has 2 rings (SSSR count). The molecule has 1 unspecified atom stereocenters. The fourth-order valence-electron chi connectivity index (χ4n) is 2.96. The van der Waals surface area contributed by atoms with Crippen molar-refractivity contribution in [2.75, 3.05) is 6.54 Å². The molecule has 1 aliphatic rings. The molecule has 0 bridgehead atoms. The van der Waals surface area contributed by atoms with Gasteiger partial charge in [0.25, 0.3) is 0 Å². The first-order chi connectivity index (χ1) is 8.79. The Morgan fingerprint density at radius 1 is 1.33 bits per heavy atom. The fraction of sp³-hybridized carbons (Fsp3) is 0.625. The first-order valence-electron chi connectivity index (χ1n) is 7.28. The van der Waals surface area contributed by atoms with Gasteiger partial charge < -0.3 is 5.32 Å². The Labute approximate surface area is 119 Å². The van der Waals surface area contributed by atoms with Gasteiger partial charge in [-0.3, -0.25) is 0 Å². The monoisotopic (exact) mass is 309 g/mol. The summed E-state index contributed by atoms with van der Waals surface area (Å²) < 4.78 is 1.19. The van der Waals surface area contributed by atoms with Gasteiger partial charge in [-0.05, 0) is 43.0 Å². The van der Waals surface area contributed by atoms with Crippen molar-refractivity contribution in [3.05, 3.63) is 34.3 Å². The van der Waals surface area contributed by atoms with Gasteiger partial charge in [0, 0.05) is 10.5 Å². The van der Waals surface area contributed by atoms with E-state index in [1.807, 2.05) is 0 Å². The zero-order chi connectivity index (χ0) is 12.8. The molecule has 0 aromatic heterocycles. The van der Waals surface area contributed by atoms with Crippen molar-refractivity contribution in [3.63, 3.8) is 0 Å². The maximum Gasteiger partial charge on any atom is 0.0323 e. The molecule has 1 aromatic carbocycles. The lowest BCUT2D eigenvalue weighted by molar-refractivity contribution is 0.395. The summed E-state index contributed by atoms with van der Waals surface area (Å²) in [5.41, 5.74) is 1.43. The summed E-state index contributed by atoms with van der Waals surface area (Å²) in [4.78, 5) is 0. The molecule has 1 N–H and O–H groups in total. The van der Waals surface area contributed by atoms with E-state index < -0.39 is 0 Å². The average Bonchev–Trinajstić information content (AvgIpc) is 2.87. The van der Waals surface area contributed by atoms with Crippen LogP contribution in [0.25, 0.3) is 0 Å². The van der Waals surface area contributed by atoms with E-state index in [1.165, 1.54) is 48.6 Å². The van der Waals surface area contributed by atoms with Crippen LogP contribution in [0.5, 0.6) is 0 Å². The Morgan fingerprint density at radius 3 is 2.78 bits per heavy atom. The molecule has 1 saturated carbocycles. The van der Waals surface area contributed by atoms with Crippen LogP contribution >= 0.6 is 15.9 Å². The number of hydrogen-bond donors (Lipinski definition) is 1. The van der Waals surface area contributed by atoms with E-state index in [4.69, 9.17) is 0 Å². The Bertz CT molecular complexity index is 358. The van der Waals surface area contributed by atoms with Gasteiger partial charge >= 0.3 is 0 Å². The summed E-state index contributed by atoms with van der Waals surface area (Å²) >= 11 is 3.58. The third-order valence-corrected chi connectivity index (χ3v) is 4.43. The number of benzene rings is 1. The molecule has 2 heteroatoms. The predicted molar refractivity (Wildman–Crippen MR) is 81.8 cm³/mol. The molecule has 0 aliphatic heterocycles. The van der Waals surface area contributed by atoms with Gasteiger partial charge in [0.2, 0.25) is 0 Å². The smallest absolute Gasteiger partial charge is 0.0323 e. The number of halogens is 1. The van der Waals surface area contributed by atoms with Crippen LogP contribution in [0.15, 0.2) is 28.7 Å². The van der Waals surface area contributed by atoms with Crippen molar-refractivity contribution in [2.24, 2.45) is 5.92 Å².